The Balaban J connectivity index is 1.11. The number of ether oxygens (including phenoxy) is 2. The largest absolute Gasteiger partial charge is 0.486 e. The number of halogens is 2. The smallest absolute Gasteiger partial charge is 0.171 e. The number of rotatable bonds is 4. The van der Waals surface area contributed by atoms with Crippen molar-refractivity contribution in [3.8, 4) is 11.5 Å². The van der Waals surface area contributed by atoms with Gasteiger partial charge in [-0.2, -0.15) is 0 Å². The first-order valence-electron chi connectivity index (χ1n) is 11.0. The van der Waals surface area contributed by atoms with Crippen molar-refractivity contribution >= 4 is 45.0 Å². The molecule has 6 rings (SSSR count). The van der Waals surface area contributed by atoms with E-state index in [1.165, 1.54) is 16.6 Å². The summed E-state index contributed by atoms with van der Waals surface area (Å²) >= 11 is 12.5. The highest BCUT2D eigenvalue weighted by atomic mass is 35.5. The number of benzene rings is 2. The summed E-state index contributed by atoms with van der Waals surface area (Å²) in [5, 5.41) is 7.01. The Morgan fingerprint density at radius 2 is 2.00 bits per heavy atom. The summed E-state index contributed by atoms with van der Waals surface area (Å²) in [7, 11) is 0. The highest BCUT2D eigenvalue weighted by Gasteiger charge is 2.25. The Morgan fingerprint density at radius 3 is 2.94 bits per heavy atom. The Bertz CT molecular complexity index is 1320. The number of nitrogens with one attached hydrogen (secondary N) is 2. The quantitative estimate of drug-likeness (QED) is 0.412. The van der Waals surface area contributed by atoms with Gasteiger partial charge in [-0.15, -0.1) is 0 Å². The number of fused-ring (bicyclic) bond motifs is 6. The molecule has 7 heteroatoms. The van der Waals surface area contributed by atoms with Crippen LogP contribution in [0.15, 0.2) is 42.6 Å². The van der Waals surface area contributed by atoms with E-state index in [9.17, 15) is 0 Å². The number of nitrogens with zero attached hydrogens (tertiary/aromatic N) is 1. The summed E-state index contributed by atoms with van der Waals surface area (Å²) in [6.07, 6.45) is 4.99. The van der Waals surface area contributed by atoms with Gasteiger partial charge in [-0.05, 0) is 73.7 Å². The molecule has 0 saturated carbocycles. The molecule has 2 N–H and O–H groups in total. The molecule has 2 atom stereocenters. The average Bonchev–Trinajstić information content (AvgIpc) is 3.16. The highest BCUT2D eigenvalue weighted by molar-refractivity contribution is 6.42. The molecule has 0 unspecified atom stereocenters. The van der Waals surface area contributed by atoms with Gasteiger partial charge in [0.1, 0.15) is 12.7 Å². The minimum absolute atomic E-state index is 0.0264. The van der Waals surface area contributed by atoms with Crippen molar-refractivity contribution < 1.29 is 9.47 Å². The van der Waals surface area contributed by atoms with Crippen LogP contribution in [0.25, 0.3) is 21.8 Å². The minimum atomic E-state index is -0.0264. The van der Waals surface area contributed by atoms with Crippen LogP contribution >= 0.6 is 23.2 Å². The molecular formula is C25H23Cl2N3O2. The molecule has 0 fully saturated rings. The van der Waals surface area contributed by atoms with Crippen molar-refractivity contribution in [1.82, 2.24) is 15.3 Å². The second-order valence-electron chi connectivity index (χ2n) is 8.67. The summed E-state index contributed by atoms with van der Waals surface area (Å²) in [5.74, 6) is 2.16. The Kier molecular flexibility index (Phi) is 5.13. The summed E-state index contributed by atoms with van der Waals surface area (Å²) in [4.78, 5) is 7.95. The third-order valence-corrected chi connectivity index (χ3v) is 7.27. The van der Waals surface area contributed by atoms with Crippen LogP contribution in [0.5, 0.6) is 11.5 Å². The van der Waals surface area contributed by atoms with Crippen LogP contribution in [-0.2, 0) is 12.8 Å². The van der Waals surface area contributed by atoms with E-state index in [4.69, 9.17) is 32.7 Å². The number of aromatic nitrogens is 2. The van der Waals surface area contributed by atoms with E-state index >= 15 is 0 Å². The van der Waals surface area contributed by atoms with E-state index in [0.29, 0.717) is 22.6 Å². The lowest BCUT2D eigenvalue weighted by Gasteiger charge is -2.29. The zero-order chi connectivity index (χ0) is 21.7. The third-order valence-electron chi connectivity index (χ3n) is 6.54. The highest BCUT2D eigenvalue weighted by Crippen LogP contribution is 2.38. The zero-order valence-corrected chi connectivity index (χ0v) is 19.0. The molecule has 0 spiro atoms. The molecule has 164 valence electrons. The number of hydrogen-bond donors (Lipinski definition) is 2. The summed E-state index contributed by atoms with van der Waals surface area (Å²) in [6.45, 7) is 2.23. The maximum atomic E-state index is 6.30. The van der Waals surface area contributed by atoms with Crippen LogP contribution in [0.1, 0.15) is 17.7 Å². The summed E-state index contributed by atoms with van der Waals surface area (Å²) in [5.41, 5.74) is 4.69. The van der Waals surface area contributed by atoms with Crippen molar-refractivity contribution in [2.75, 3.05) is 19.7 Å². The van der Waals surface area contributed by atoms with Crippen LogP contribution in [0.2, 0.25) is 10.0 Å². The lowest BCUT2D eigenvalue weighted by atomic mass is 9.86. The fraction of sp³-hybridized carbons (Fsp3) is 0.320. The van der Waals surface area contributed by atoms with Crippen LogP contribution in [0, 0.1) is 5.92 Å². The van der Waals surface area contributed by atoms with Crippen LogP contribution in [0.3, 0.4) is 0 Å². The molecule has 0 saturated heterocycles. The van der Waals surface area contributed by atoms with E-state index in [0.717, 1.165) is 60.3 Å². The normalized spacial score (nSPS) is 19.9. The standard InChI is InChI=1S/C25H23Cl2N3O2/c26-19-9-18-17-8-14(3-4-22(17)30-23(18)10-20(19)27)11-28-12-15-13-31-24-6-5-21-16(25(24)32-15)2-1-7-29-21/h1-2,5-7,9-10,14-15,28,30H,3-4,8,11-13H2/t14-,15-/m0/s1. The lowest BCUT2D eigenvalue weighted by Crippen LogP contribution is -2.40. The predicted octanol–water partition coefficient (Wildman–Crippen LogP) is 5.56. The Hall–Kier alpha value is -2.47. The van der Waals surface area contributed by atoms with Crippen molar-refractivity contribution in [2.24, 2.45) is 5.92 Å². The summed E-state index contributed by atoms with van der Waals surface area (Å²) in [6, 6.07) is 11.8. The molecule has 1 aliphatic heterocycles. The van der Waals surface area contributed by atoms with Gasteiger partial charge in [0.2, 0.25) is 0 Å². The van der Waals surface area contributed by atoms with Crippen molar-refractivity contribution in [2.45, 2.75) is 25.4 Å². The Labute approximate surface area is 196 Å². The van der Waals surface area contributed by atoms with Gasteiger partial charge >= 0.3 is 0 Å². The first kappa shape index (κ1) is 20.2. The van der Waals surface area contributed by atoms with E-state index < -0.39 is 0 Å². The fourth-order valence-electron chi connectivity index (χ4n) is 4.93. The minimum Gasteiger partial charge on any atom is -0.486 e. The second kappa shape index (κ2) is 8.14. The van der Waals surface area contributed by atoms with Gasteiger partial charge in [0.05, 0.1) is 15.6 Å². The molecule has 3 heterocycles. The number of aromatic amines is 1. The number of aryl methyl sites for hydroxylation is 1. The van der Waals surface area contributed by atoms with Crippen molar-refractivity contribution in [3.63, 3.8) is 0 Å². The van der Waals surface area contributed by atoms with Gasteiger partial charge in [0, 0.05) is 34.7 Å². The number of hydrogen-bond acceptors (Lipinski definition) is 4. The molecule has 2 aliphatic rings. The van der Waals surface area contributed by atoms with Gasteiger partial charge in [-0.1, -0.05) is 23.2 Å². The topological polar surface area (TPSA) is 59.2 Å². The average molecular weight is 468 g/mol. The van der Waals surface area contributed by atoms with Gasteiger partial charge in [0.15, 0.2) is 11.5 Å². The van der Waals surface area contributed by atoms with Gasteiger partial charge in [-0.25, -0.2) is 0 Å². The van der Waals surface area contributed by atoms with Gasteiger partial charge < -0.3 is 19.8 Å². The molecule has 1 aliphatic carbocycles. The van der Waals surface area contributed by atoms with Crippen LogP contribution < -0.4 is 14.8 Å². The molecule has 0 bridgehead atoms. The monoisotopic (exact) mass is 467 g/mol. The molecule has 0 radical (unpaired) electrons. The molecule has 5 nitrogen and oxygen atoms in total. The second-order valence-corrected chi connectivity index (χ2v) is 9.49. The van der Waals surface area contributed by atoms with Crippen molar-refractivity contribution in [1.29, 1.82) is 0 Å². The SMILES string of the molecule is Clc1cc2[nH]c3c(c2cc1Cl)C[C@@H](CNC[C@H]1COc2ccc4ncccc4c2O1)CC3. The van der Waals surface area contributed by atoms with E-state index in [2.05, 4.69) is 15.3 Å². The summed E-state index contributed by atoms with van der Waals surface area (Å²) < 4.78 is 12.3. The first-order chi connectivity index (χ1) is 15.7. The van der Waals surface area contributed by atoms with Gasteiger partial charge in [-0.3, -0.25) is 4.98 Å². The number of H-pyrrole nitrogens is 1. The van der Waals surface area contributed by atoms with E-state index in [1.807, 2.05) is 36.4 Å². The third kappa shape index (κ3) is 3.58. The molecular weight excluding hydrogens is 445 g/mol. The van der Waals surface area contributed by atoms with Crippen LogP contribution in [-0.4, -0.2) is 35.8 Å². The molecule has 4 aromatic rings. The maximum Gasteiger partial charge on any atom is 0.171 e. The van der Waals surface area contributed by atoms with Crippen LogP contribution in [0.4, 0.5) is 0 Å². The maximum absolute atomic E-state index is 6.30. The van der Waals surface area contributed by atoms with Gasteiger partial charge in [0.25, 0.3) is 0 Å². The van der Waals surface area contributed by atoms with Crippen molar-refractivity contribution in [3.05, 3.63) is 63.9 Å². The van der Waals surface area contributed by atoms with E-state index in [-0.39, 0.29) is 6.10 Å². The Morgan fingerprint density at radius 1 is 1.09 bits per heavy atom. The number of pyridine rings is 1. The van der Waals surface area contributed by atoms with E-state index in [1.54, 1.807) is 6.20 Å². The molecule has 2 aromatic carbocycles. The molecule has 0 amide bonds. The predicted molar refractivity (Wildman–Crippen MR) is 128 cm³/mol. The zero-order valence-electron chi connectivity index (χ0n) is 17.5. The first-order valence-corrected chi connectivity index (χ1v) is 11.8. The molecule has 32 heavy (non-hydrogen) atoms. The lowest BCUT2D eigenvalue weighted by molar-refractivity contribution is 0.0915. The molecule has 2 aromatic heterocycles. The fourth-order valence-corrected chi connectivity index (χ4v) is 5.26.